The van der Waals surface area contributed by atoms with Gasteiger partial charge in [0.25, 0.3) is 0 Å². The van der Waals surface area contributed by atoms with Crippen LogP contribution in [0.2, 0.25) is 0 Å². The van der Waals surface area contributed by atoms with Crippen molar-refractivity contribution in [2.75, 3.05) is 13.1 Å². The zero-order valence-electron chi connectivity index (χ0n) is 11.4. The van der Waals surface area contributed by atoms with Crippen LogP contribution in [-0.2, 0) is 0 Å². The first-order chi connectivity index (χ1) is 8.66. The average Bonchev–Trinajstić information content (AvgIpc) is 2.94. The Balaban J connectivity index is 1.96. The summed E-state index contributed by atoms with van der Waals surface area (Å²) >= 11 is 0. The van der Waals surface area contributed by atoms with E-state index in [9.17, 15) is 0 Å². The fourth-order valence-electron chi connectivity index (χ4n) is 3.00. The molecule has 0 aromatic carbocycles. The number of imidazole rings is 1. The first kappa shape index (κ1) is 11.7. The van der Waals surface area contributed by atoms with Crippen molar-refractivity contribution in [3.05, 3.63) is 35.9 Å². The van der Waals surface area contributed by atoms with E-state index in [1.807, 2.05) is 6.20 Å². The molecule has 0 spiro atoms. The lowest BCUT2D eigenvalue weighted by Gasteiger charge is -2.20. The topological polar surface area (TPSA) is 20.5 Å². The lowest BCUT2D eigenvalue weighted by molar-refractivity contribution is 0.272. The van der Waals surface area contributed by atoms with Gasteiger partial charge >= 0.3 is 0 Å². The van der Waals surface area contributed by atoms with Crippen LogP contribution < -0.4 is 0 Å². The van der Waals surface area contributed by atoms with Crippen LogP contribution in [0, 0.1) is 6.92 Å². The van der Waals surface area contributed by atoms with E-state index in [0.717, 1.165) is 6.54 Å². The van der Waals surface area contributed by atoms with Crippen molar-refractivity contribution in [2.45, 2.75) is 39.2 Å². The smallest absolute Gasteiger partial charge is 0.117 e. The monoisotopic (exact) mass is 243 g/mol. The van der Waals surface area contributed by atoms with Crippen molar-refractivity contribution in [3.8, 4) is 0 Å². The molecule has 3 nitrogen and oxygen atoms in total. The maximum Gasteiger partial charge on any atom is 0.117 e. The van der Waals surface area contributed by atoms with Gasteiger partial charge in [-0.15, -0.1) is 0 Å². The van der Waals surface area contributed by atoms with Crippen molar-refractivity contribution < 1.29 is 0 Å². The van der Waals surface area contributed by atoms with Gasteiger partial charge in [-0.3, -0.25) is 0 Å². The molecule has 1 atom stereocenters. The molecule has 96 valence electrons. The SMILES string of the molecule is Cc1cccc2cnc(C3CCN(C(C)C)C3)n12. The minimum atomic E-state index is 0.580. The molecular weight excluding hydrogens is 222 g/mol. The first-order valence-electron chi connectivity index (χ1n) is 6.84. The van der Waals surface area contributed by atoms with E-state index in [1.165, 1.54) is 30.0 Å². The molecule has 0 radical (unpaired) electrons. The van der Waals surface area contributed by atoms with Gasteiger partial charge in [-0.2, -0.15) is 0 Å². The van der Waals surface area contributed by atoms with Crippen molar-refractivity contribution >= 4 is 5.52 Å². The largest absolute Gasteiger partial charge is 0.301 e. The van der Waals surface area contributed by atoms with Crippen molar-refractivity contribution in [3.63, 3.8) is 0 Å². The number of nitrogens with zero attached hydrogens (tertiary/aromatic N) is 3. The predicted molar refractivity (Wildman–Crippen MR) is 74.0 cm³/mol. The van der Waals surface area contributed by atoms with Crippen LogP contribution in [0.25, 0.3) is 5.52 Å². The Labute approximate surface area is 108 Å². The van der Waals surface area contributed by atoms with Gasteiger partial charge in [0.05, 0.1) is 11.7 Å². The summed E-state index contributed by atoms with van der Waals surface area (Å²) in [6.07, 6.45) is 3.23. The summed E-state index contributed by atoms with van der Waals surface area (Å²) in [5.74, 6) is 1.82. The van der Waals surface area contributed by atoms with Crippen LogP contribution >= 0.6 is 0 Å². The minimum absolute atomic E-state index is 0.580. The number of pyridine rings is 1. The van der Waals surface area contributed by atoms with Crippen molar-refractivity contribution in [2.24, 2.45) is 0 Å². The molecular formula is C15H21N3. The first-order valence-corrected chi connectivity index (χ1v) is 6.84. The highest BCUT2D eigenvalue weighted by atomic mass is 15.2. The Morgan fingerprint density at radius 1 is 1.33 bits per heavy atom. The maximum atomic E-state index is 4.67. The summed E-state index contributed by atoms with van der Waals surface area (Å²) in [6.45, 7) is 9.05. The number of aromatic nitrogens is 2. The highest BCUT2D eigenvalue weighted by Gasteiger charge is 2.28. The molecule has 0 amide bonds. The Bertz CT molecular complexity index is 556. The second-order valence-electron chi connectivity index (χ2n) is 5.62. The summed E-state index contributed by atoms with van der Waals surface area (Å²) in [5.41, 5.74) is 2.50. The van der Waals surface area contributed by atoms with Gasteiger partial charge in [-0.1, -0.05) is 6.07 Å². The van der Waals surface area contributed by atoms with Crippen LogP contribution in [-0.4, -0.2) is 33.4 Å². The average molecular weight is 243 g/mol. The molecule has 1 unspecified atom stereocenters. The van der Waals surface area contributed by atoms with Gasteiger partial charge in [-0.05, 0) is 45.9 Å². The lowest BCUT2D eigenvalue weighted by Crippen LogP contribution is -2.28. The third-order valence-corrected chi connectivity index (χ3v) is 4.09. The summed E-state index contributed by atoms with van der Waals surface area (Å²) in [6, 6.07) is 7.04. The van der Waals surface area contributed by atoms with Crippen LogP contribution in [0.1, 0.15) is 37.7 Å². The number of hydrogen-bond acceptors (Lipinski definition) is 2. The fraction of sp³-hybridized carbons (Fsp3) is 0.533. The molecule has 3 rings (SSSR count). The van der Waals surface area contributed by atoms with Gasteiger partial charge in [0.1, 0.15) is 5.82 Å². The third kappa shape index (κ3) is 1.83. The fourth-order valence-corrected chi connectivity index (χ4v) is 3.00. The van der Waals surface area contributed by atoms with Gasteiger partial charge in [-0.25, -0.2) is 4.98 Å². The number of hydrogen-bond donors (Lipinski definition) is 0. The third-order valence-electron chi connectivity index (χ3n) is 4.09. The Hall–Kier alpha value is -1.35. The van der Waals surface area contributed by atoms with E-state index >= 15 is 0 Å². The van der Waals surface area contributed by atoms with E-state index in [1.54, 1.807) is 0 Å². The minimum Gasteiger partial charge on any atom is -0.301 e. The summed E-state index contributed by atoms with van der Waals surface area (Å²) in [5, 5.41) is 0. The number of likely N-dealkylation sites (tertiary alicyclic amines) is 1. The van der Waals surface area contributed by atoms with Crippen LogP contribution in [0.4, 0.5) is 0 Å². The molecule has 1 fully saturated rings. The second kappa shape index (κ2) is 4.39. The van der Waals surface area contributed by atoms with E-state index in [2.05, 4.69) is 53.3 Å². The maximum absolute atomic E-state index is 4.67. The highest BCUT2D eigenvalue weighted by molar-refractivity contribution is 5.47. The molecule has 1 saturated heterocycles. The van der Waals surface area contributed by atoms with Crippen molar-refractivity contribution in [1.82, 2.24) is 14.3 Å². The summed E-state index contributed by atoms with van der Waals surface area (Å²) in [4.78, 5) is 7.21. The predicted octanol–water partition coefficient (Wildman–Crippen LogP) is 2.84. The Kier molecular flexibility index (Phi) is 2.86. The second-order valence-corrected chi connectivity index (χ2v) is 5.62. The molecule has 18 heavy (non-hydrogen) atoms. The normalized spacial score (nSPS) is 21.2. The molecule has 3 heteroatoms. The Morgan fingerprint density at radius 2 is 2.17 bits per heavy atom. The van der Waals surface area contributed by atoms with E-state index in [0.29, 0.717) is 12.0 Å². The highest BCUT2D eigenvalue weighted by Crippen LogP contribution is 2.28. The number of aryl methyl sites for hydroxylation is 1. The van der Waals surface area contributed by atoms with Gasteiger partial charge in [0.2, 0.25) is 0 Å². The standard InChI is InChI=1S/C15H21N3/c1-11(2)17-8-7-13(10-17)15-16-9-14-6-4-5-12(3)18(14)15/h4-6,9,11,13H,7-8,10H2,1-3H3. The number of rotatable bonds is 2. The molecule has 0 bridgehead atoms. The molecule has 2 aromatic rings. The van der Waals surface area contributed by atoms with Crippen LogP contribution in [0.3, 0.4) is 0 Å². The summed E-state index contributed by atoms with van der Waals surface area (Å²) in [7, 11) is 0. The van der Waals surface area contributed by atoms with E-state index in [-0.39, 0.29) is 0 Å². The molecule has 2 aromatic heterocycles. The summed E-state index contributed by atoms with van der Waals surface area (Å²) < 4.78 is 2.31. The molecule has 0 saturated carbocycles. The molecule has 1 aliphatic rings. The van der Waals surface area contributed by atoms with E-state index in [4.69, 9.17) is 0 Å². The Morgan fingerprint density at radius 3 is 2.89 bits per heavy atom. The molecule has 0 aliphatic carbocycles. The lowest BCUT2D eigenvalue weighted by atomic mass is 10.1. The van der Waals surface area contributed by atoms with Crippen LogP contribution in [0.5, 0.6) is 0 Å². The van der Waals surface area contributed by atoms with E-state index < -0.39 is 0 Å². The molecule has 3 heterocycles. The number of fused-ring (bicyclic) bond motifs is 1. The quantitative estimate of drug-likeness (QED) is 0.808. The zero-order valence-corrected chi connectivity index (χ0v) is 11.4. The molecule has 0 N–H and O–H groups in total. The van der Waals surface area contributed by atoms with Gasteiger partial charge in [0, 0.05) is 24.2 Å². The van der Waals surface area contributed by atoms with Crippen LogP contribution in [0.15, 0.2) is 24.4 Å². The zero-order chi connectivity index (χ0) is 12.7. The molecule has 1 aliphatic heterocycles. The van der Waals surface area contributed by atoms with Crippen molar-refractivity contribution in [1.29, 1.82) is 0 Å². The van der Waals surface area contributed by atoms with Gasteiger partial charge in [0.15, 0.2) is 0 Å². The van der Waals surface area contributed by atoms with Gasteiger partial charge < -0.3 is 9.30 Å².